The van der Waals surface area contributed by atoms with Crippen molar-refractivity contribution >= 4 is 73.8 Å². The number of carbonyl (C=O) groups excluding carboxylic acids is 3. The SMILES string of the molecule is CCN(CC)c1ccc([C@H]2c3sc(=O)n(CC(=O)Nc4ccccc4C(F)(F)F)c3SC3C(=O)N(c4ccc(Br)cc4)C(=O)C32)cc1. The van der Waals surface area contributed by atoms with Gasteiger partial charge in [-0.2, -0.15) is 13.2 Å². The fourth-order valence-corrected chi connectivity index (χ4v) is 9.15. The number of alkyl halides is 3. The molecule has 3 amide bonds. The summed E-state index contributed by atoms with van der Waals surface area (Å²) < 4.78 is 42.7. The number of thiazole rings is 1. The van der Waals surface area contributed by atoms with Crippen LogP contribution in [0.15, 0.2) is 87.1 Å². The number of anilines is 3. The second kappa shape index (κ2) is 13.0. The first-order valence-corrected chi connectivity index (χ1v) is 17.3. The summed E-state index contributed by atoms with van der Waals surface area (Å²) in [6.07, 6.45) is -4.70. The van der Waals surface area contributed by atoms with E-state index in [1.54, 1.807) is 24.3 Å². The maximum atomic E-state index is 14.1. The average molecular weight is 746 g/mol. The minimum absolute atomic E-state index is 0.345. The van der Waals surface area contributed by atoms with Gasteiger partial charge in [0, 0.05) is 34.0 Å². The van der Waals surface area contributed by atoms with Crippen molar-refractivity contribution in [3.05, 3.63) is 103 Å². The van der Waals surface area contributed by atoms with E-state index < -0.39 is 63.7 Å². The number of nitrogens with one attached hydrogen (secondary N) is 1. The van der Waals surface area contributed by atoms with Crippen LogP contribution in [0.3, 0.4) is 0 Å². The lowest BCUT2D eigenvalue weighted by molar-refractivity contribution is -0.137. The lowest BCUT2D eigenvalue weighted by Crippen LogP contribution is -2.33. The van der Waals surface area contributed by atoms with E-state index in [-0.39, 0.29) is 0 Å². The normalized spacial score (nSPS) is 19.0. The Labute approximate surface area is 284 Å². The summed E-state index contributed by atoms with van der Waals surface area (Å²) in [7, 11) is 0. The number of aromatic nitrogens is 1. The Balaban J connectivity index is 1.40. The first-order valence-electron chi connectivity index (χ1n) is 14.8. The number of thioether (sulfide) groups is 1. The number of hydrogen-bond donors (Lipinski definition) is 1. The Bertz CT molecular complexity index is 1910. The van der Waals surface area contributed by atoms with Crippen LogP contribution in [0, 0.1) is 5.92 Å². The van der Waals surface area contributed by atoms with Crippen LogP contribution in [-0.4, -0.2) is 40.6 Å². The quantitative estimate of drug-likeness (QED) is 0.196. The summed E-state index contributed by atoms with van der Waals surface area (Å²) in [5, 5.41) is 1.74. The van der Waals surface area contributed by atoms with E-state index in [2.05, 4.69) is 26.1 Å². The van der Waals surface area contributed by atoms with Crippen molar-refractivity contribution in [3.8, 4) is 0 Å². The molecule has 2 aliphatic rings. The topological polar surface area (TPSA) is 91.7 Å². The Morgan fingerprint density at radius 3 is 2.23 bits per heavy atom. The number of fused-ring (bicyclic) bond motifs is 2. The molecule has 3 heterocycles. The third-order valence-electron chi connectivity index (χ3n) is 8.32. The molecule has 3 aromatic carbocycles. The van der Waals surface area contributed by atoms with Crippen molar-refractivity contribution in [1.29, 1.82) is 0 Å². The summed E-state index contributed by atoms with van der Waals surface area (Å²) in [5.74, 6) is -3.19. The predicted molar refractivity (Wildman–Crippen MR) is 180 cm³/mol. The number of carbonyl (C=O) groups is 3. The fourth-order valence-electron chi connectivity index (χ4n) is 6.11. The zero-order valence-electron chi connectivity index (χ0n) is 25.1. The molecular weight excluding hydrogens is 717 g/mol. The lowest BCUT2D eigenvalue weighted by atomic mass is 9.83. The molecule has 4 aromatic rings. The first kappa shape index (κ1) is 33.0. The summed E-state index contributed by atoms with van der Waals surface area (Å²) in [4.78, 5) is 58.0. The largest absolute Gasteiger partial charge is 0.418 e. The predicted octanol–water partition coefficient (Wildman–Crippen LogP) is 6.97. The van der Waals surface area contributed by atoms with Gasteiger partial charge in [0.05, 0.1) is 27.9 Å². The van der Waals surface area contributed by atoms with E-state index in [4.69, 9.17) is 0 Å². The molecule has 3 atom stereocenters. The zero-order valence-corrected chi connectivity index (χ0v) is 28.3. The molecule has 1 N–H and O–H groups in total. The van der Waals surface area contributed by atoms with Crippen molar-refractivity contribution in [2.45, 2.75) is 42.8 Å². The third kappa shape index (κ3) is 6.14. The molecule has 0 saturated carbocycles. The monoisotopic (exact) mass is 744 g/mol. The average Bonchev–Trinajstić information content (AvgIpc) is 3.48. The van der Waals surface area contributed by atoms with E-state index in [0.29, 0.717) is 15.6 Å². The van der Waals surface area contributed by atoms with Crippen molar-refractivity contribution < 1.29 is 27.6 Å². The van der Waals surface area contributed by atoms with Gasteiger partial charge >= 0.3 is 11.0 Å². The van der Waals surface area contributed by atoms with Crippen LogP contribution in [0.4, 0.5) is 30.2 Å². The van der Waals surface area contributed by atoms with E-state index in [1.807, 2.05) is 38.1 Å². The molecule has 1 saturated heterocycles. The molecular formula is C33H28BrF3N4O4S2. The van der Waals surface area contributed by atoms with Crippen LogP contribution in [0.2, 0.25) is 0 Å². The fraction of sp³-hybridized carbons (Fsp3) is 0.273. The molecule has 0 aliphatic carbocycles. The van der Waals surface area contributed by atoms with E-state index in [0.717, 1.165) is 64.0 Å². The van der Waals surface area contributed by atoms with Crippen molar-refractivity contribution in [1.82, 2.24) is 4.57 Å². The van der Waals surface area contributed by atoms with Crippen LogP contribution in [0.1, 0.15) is 35.8 Å². The minimum Gasteiger partial charge on any atom is -0.372 e. The smallest absolute Gasteiger partial charge is 0.372 e. The molecule has 2 aliphatic heterocycles. The molecule has 1 aromatic heterocycles. The summed E-state index contributed by atoms with van der Waals surface area (Å²) in [5.41, 5.74) is 0.683. The lowest BCUT2D eigenvalue weighted by Gasteiger charge is -2.31. The van der Waals surface area contributed by atoms with Crippen LogP contribution in [0.5, 0.6) is 0 Å². The maximum Gasteiger partial charge on any atom is 0.418 e. The van der Waals surface area contributed by atoms with Gasteiger partial charge in [0.1, 0.15) is 11.8 Å². The van der Waals surface area contributed by atoms with Crippen molar-refractivity contribution in [3.63, 3.8) is 0 Å². The van der Waals surface area contributed by atoms with E-state index in [1.165, 1.54) is 21.6 Å². The Morgan fingerprint density at radius 1 is 0.936 bits per heavy atom. The minimum atomic E-state index is -4.70. The standard InChI is InChI=1S/C33H28BrF3N4O4S2/c1-3-39(4-2)20-13-9-18(10-14-20)25-26-27(30(44)41(29(26)43)21-15-11-19(34)12-16-21)46-31-28(25)47-32(45)40(31)17-24(42)38-23-8-6-5-7-22(23)33(35,36)37/h5-16,25-27H,3-4,17H2,1-2H3,(H,38,42)/t25-,26?,27?/m1/s1. The number of benzene rings is 3. The number of para-hydroxylation sites is 1. The molecule has 6 rings (SSSR count). The number of halogens is 4. The number of nitrogens with zero attached hydrogens (tertiary/aromatic N) is 3. The molecule has 1 fully saturated rings. The molecule has 8 nitrogen and oxygen atoms in total. The summed E-state index contributed by atoms with van der Waals surface area (Å²) in [6, 6.07) is 19.1. The van der Waals surface area contributed by atoms with Gasteiger partial charge in [-0.15, -0.1) is 0 Å². The maximum absolute atomic E-state index is 14.1. The summed E-state index contributed by atoms with van der Waals surface area (Å²) >= 11 is 5.30. The summed E-state index contributed by atoms with van der Waals surface area (Å²) in [6.45, 7) is 5.10. The zero-order chi connectivity index (χ0) is 33.6. The molecule has 47 heavy (non-hydrogen) atoms. The van der Waals surface area contributed by atoms with E-state index >= 15 is 0 Å². The van der Waals surface area contributed by atoms with Gasteiger partial charge in [-0.1, -0.05) is 63.3 Å². The van der Waals surface area contributed by atoms with Gasteiger partial charge < -0.3 is 10.2 Å². The van der Waals surface area contributed by atoms with Crippen LogP contribution < -0.4 is 20.0 Å². The van der Waals surface area contributed by atoms with Gasteiger partial charge in [-0.3, -0.25) is 23.7 Å². The Morgan fingerprint density at radius 2 is 1.60 bits per heavy atom. The number of hydrogen-bond acceptors (Lipinski definition) is 7. The Hall–Kier alpha value is -3.88. The molecule has 14 heteroatoms. The van der Waals surface area contributed by atoms with Gasteiger partial charge in [-0.05, 0) is 67.9 Å². The van der Waals surface area contributed by atoms with Crippen molar-refractivity contribution in [2.24, 2.45) is 5.92 Å². The second-order valence-corrected chi connectivity index (χ2v) is 14.0. The number of imide groups is 1. The molecule has 0 spiro atoms. The van der Waals surface area contributed by atoms with Gasteiger partial charge in [0.25, 0.3) is 0 Å². The van der Waals surface area contributed by atoms with Gasteiger partial charge in [0.2, 0.25) is 17.7 Å². The highest BCUT2D eigenvalue weighted by molar-refractivity contribution is 9.10. The van der Waals surface area contributed by atoms with Gasteiger partial charge in [0.15, 0.2) is 0 Å². The molecule has 2 unspecified atom stereocenters. The van der Waals surface area contributed by atoms with Crippen LogP contribution >= 0.6 is 39.0 Å². The number of rotatable bonds is 8. The van der Waals surface area contributed by atoms with Crippen LogP contribution in [-0.2, 0) is 27.1 Å². The number of amides is 3. The second-order valence-electron chi connectivity index (χ2n) is 11.0. The van der Waals surface area contributed by atoms with E-state index in [9.17, 15) is 32.3 Å². The van der Waals surface area contributed by atoms with Gasteiger partial charge in [-0.25, -0.2) is 4.90 Å². The molecule has 0 bridgehead atoms. The van der Waals surface area contributed by atoms with Crippen molar-refractivity contribution in [2.75, 3.05) is 28.2 Å². The first-order chi connectivity index (χ1) is 22.4. The third-order valence-corrected chi connectivity index (χ3v) is 11.5. The molecule has 0 radical (unpaired) electrons. The highest BCUT2D eigenvalue weighted by atomic mass is 79.9. The van der Waals surface area contributed by atoms with Crippen LogP contribution in [0.25, 0.3) is 0 Å². The Kier molecular flexibility index (Phi) is 9.11. The highest BCUT2D eigenvalue weighted by Crippen LogP contribution is 2.54. The highest BCUT2D eigenvalue weighted by Gasteiger charge is 2.56. The molecule has 244 valence electrons.